The van der Waals surface area contributed by atoms with Crippen LogP contribution in [0.5, 0.6) is 0 Å². The first-order chi connectivity index (χ1) is 11.1. The Labute approximate surface area is 184 Å². The van der Waals surface area contributed by atoms with Gasteiger partial charge in [0.05, 0.1) is 0 Å². The third-order valence-corrected chi connectivity index (χ3v) is 4.50. The molecule has 29 heavy (non-hydrogen) atoms. The van der Waals surface area contributed by atoms with E-state index in [1.165, 1.54) is 0 Å². The number of hydrogen-bond donors (Lipinski definition) is 0. The zero-order chi connectivity index (χ0) is 23.1. The quantitative estimate of drug-likeness (QED) is 0.159. The third-order valence-electron chi connectivity index (χ3n) is 0.500. The minimum absolute atomic E-state index is 0. The normalized spacial score (nSPS) is 12.6. The van der Waals surface area contributed by atoms with Crippen molar-refractivity contribution in [3.05, 3.63) is 0 Å². The van der Waals surface area contributed by atoms with Gasteiger partial charge in [-0.3, -0.25) is 0 Å². The summed E-state index contributed by atoms with van der Waals surface area (Å²) in [5, 5.41) is 0. The molecule has 0 N–H and O–H groups in total. The van der Waals surface area contributed by atoms with E-state index in [-0.39, 0.29) is 34.7 Å². The van der Waals surface area contributed by atoms with Crippen molar-refractivity contribution in [1.29, 1.82) is 0 Å². The van der Waals surface area contributed by atoms with Gasteiger partial charge < -0.3 is 27.3 Å². The fourth-order valence-corrected chi connectivity index (χ4v) is 2.76. The van der Waals surface area contributed by atoms with Crippen molar-refractivity contribution >= 4 is 97.1 Å². The molecule has 168 valence electrons. The summed E-state index contributed by atoms with van der Waals surface area (Å²) < 4.78 is 175. The van der Waals surface area contributed by atoms with Crippen molar-refractivity contribution in [2.75, 3.05) is 0 Å². The van der Waals surface area contributed by atoms with Gasteiger partial charge in [-0.25, -0.2) is 50.5 Å². The molecule has 0 bridgehead atoms. The van der Waals surface area contributed by atoms with Crippen molar-refractivity contribution in [2.45, 2.75) is 0 Å². The molecule has 0 heterocycles. The molecule has 0 spiro atoms. The van der Waals surface area contributed by atoms with Crippen LogP contribution in [0.1, 0.15) is 0 Å². The zero-order valence-corrected chi connectivity index (χ0v) is 19.4. The van der Waals surface area contributed by atoms with Gasteiger partial charge in [-0.2, -0.15) is 10.9 Å². The summed E-state index contributed by atoms with van der Waals surface area (Å²) in [5.41, 5.74) is 0. The summed E-state index contributed by atoms with van der Waals surface area (Å²) in [6.07, 6.45) is 0. The Kier molecular flexibility index (Phi) is 18.9. The Morgan fingerprint density at radius 1 is 0.310 bits per heavy atom. The van der Waals surface area contributed by atoms with Crippen LogP contribution >= 0.6 is 0 Å². The fraction of sp³-hybridized carbons (Fsp3) is 0. The molecular weight excluding hydrogens is 582 g/mol. The smallest absolute Gasteiger partial charge is 0.725 e. The molecule has 0 aromatic heterocycles. The predicted octanol–water partition coefficient (Wildman–Crippen LogP) is -6.99. The van der Waals surface area contributed by atoms with E-state index >= 15 is 0 Å². The first kappa shape index (κ1) is 39.8. The Hall–Kier alpha value is 0.405. The van der Waals surface area contributed by atoms with Crippen molar-refractivity contribution in [3.63, 3.8) is 0 Å². The molecular formula is Al2O21S6. The summed E-state index contributed by atoms with van der Waals surface area (Å²) in [4.78, 5) is 0. The van der Waals surface area contributed by atoms with Gasteiger partial charge in [-0.15, -0.1) is 0 Å². The van der Waals surface area contributed by atoms with E-state index in [9.17, 15) is 77.8 Å². The largest absolute Gasteiger partial charge is 3.00 e. The standard InChI is InChI=1S/2Al.3H2O7S2/c;;3*1-8(2,3)7-9(4,5)6/h;;3*(H,1,2,3)(H,4,5,6)/q2*+3;;;/p-6. The van der Waals surface area contributed by atoms with Crippen LogP contribution in [0.3, 0.4) is 0 Å². The molecule has 0 saturated carbocycles. The number of rotatable bonds is 6. The molecule has 0 radical (unpaired) electrons. The molecule has 29 heteroatoms. The van der Waals surface area contributed by atoms with E-state index < -0.39 is 62.4 Å². The van der Waals surface area contributed by atoms with E-state index in [1.807, 2.05) is 0 Å². The van der Waals surface area contributed by atoms with E-state index in [1.54, 1.807) is 0 Å². The van der Waals surface area contributed by atoms with E-state index in [0.29, 0.717) is 0 Å². The summed E-state index contributed by atoms with van der Waals surface area (Å²) >= 11 is 0. The van der Waals surface area contributed by atoms with Gasteiger partial charge in [-0.05, 0) is 0 Å². The maximum atomic E-state index is 9.29. The Morgan fingerprint density at radius 2 is 0.379 bits per heavy atom. The topological polar surface area (TPSA) is 371 Å². The molecule has 0 unspecified atom stereocenters. The van der Waals surface area contributed by atoms with Crippen LogP contribution in [0.4, 0.5) is 0 Å². The molecule has 0 saturated heterocycles. The van der Waals surface area contributed by atoms with Crippen LogP contribution in [0, 0.1) is 0 Å². The van der Waals surface area contributed by atoms with Crippen molar-refractivity contribution in [2.24, 2.45) is 0 Å². The third kappa shape index (κ3) is 58.5. The number of hydrogen-bond acceptors (Lipinski definition) is 21. The van der Waals surface area contributed by atoms with Crippen molar-refractivity contribution in [1.82, 2.24) is 0 Å². The van der Waals surface area contributed by atoms with Gasteiger partial charge in [0.1, 0.15) is 0 Å². The van der Waals surface area contributed by atoms with Gasteiger partial charge in [0.2, 0.25) is 62.4 Å². The summed E-state index contributed by atoms with van der Waals surface area (Å²) in [6, 6.07) is 0. The maximum Gasteiger partial charge on any atom is 3.00 e. The molecule has 21 nitrogen and oxygen atoms in total. The molecule has 0 aromatic rings. The minimum atomic E-state index is -5.43. The molecule has 0 aromatic carbocycles. The van der Waals surface area contributed by atoms with Gasteiger partial charge in [-0.1, -0.05) is 0 Å². The second kappa shape index (κ2) is 13.7. The average Bonchev–Trinajstić information content (AvgIpc) is 1.96. The first-order valence-corrected chi connectivity index (χ1v) is 12.0. The summed E-state index contributed by atoms with van der Waals surface area (Å²) in [7, 11) is -32.6. The van der Waals surface area contributed by atoms with Crippen LogP contribution in [0.2, 0.25) is 0 Å². The van der Waals surface area contributed by atoms with Gasteiger partial charge in [0.15, 0.2) is 0 Å². The molecule has 0 aliphatic rings. The molecule has 0 aliphatic carbocycles. The monoisotopic (exact) mass is 582 g/mol. The van der Waals surface area contributed by atoms with Crippen molar-refractivity contribution < 1.29 is 88.7 Å². The van der Waals surface area contributed by atoms with Crippen LogP contribution in [0.15, 0.2) is 0 Å². The van der Waals surface area contributed by atoms with Gasteiger partial charge in [0, 0.05) is 0 Å². The summed E-state index contributed by atoms with van der Waals surface area (Å²) in [5.74, 6) is 0. The Morgan fingerprint density at radius 3 is 0.379 bits per heavy atom. The summed E-state index contributed by atoms with van der Waals surface area (Å²) in [6.45, 7) is 0. The zero-order valence-electron chi connectivity index (χ0n) is 12.2. The molecule has 0 atom stereocenters. The fourth-order valence-electron chi connectivity index (χ4n) is 0.306. The van der Waals surface area contributed by atoms with E-state index in [2.05, 4.69) is 10.9 Å². The van der Waals surface area contributed by atoms with Gasteiger partial charge in [0.25, 0.3) is 0 Å². The van der Waals surface area contributed by atoms with Crippen LogP contribution in [0.25, 0.3) is 0 Å². The molecule has 0 aliphatic heterocycles. The maximum absolute atomic E-state index is 9.29. The molecule has 0 amide bonds. The van der Waals surface area contributed by atoms with Gasteiger partial charge >= 0.3 is 34.7 Å². The van der Waals surface area contributed by atoms with Crippen LogP contribution in [-0.4, -0.2) is 113 Å². The van der Waals surface area contributed by atoms with Crippen LogP contribution in [-0.2, 0) is 73.3 Å². The van der Waals surface area contributed by atoms with E-state index in [0.717, 1.165) is 0 Å². The minimum Gasteiger partial charge on any atom is -0.725 e. The average molecular weight is 582 g/mol. The SMILES string of the molecule is O=S(=O)([O-])OS(=O)(=O)[O-].O=S(=O)([O-])OS(=O)(=O)[O-].O=S(=O)([O-])OS(=O)(=O)[O-].[Al+3].[Al+3]. The predicted molar refractivity (Wildman–Crippen MR) is 72.9 cm³/mol. The van der Waals surface area contributed by atoms with E-state index in [4.69, 9.17) is 0 Å². The Bertz CT molecular complexity index is 854. The first-order valence-electron chi connectivity index (χ1n) is 4.00. The molecule has 0 fully saturated rings. The van der Waals surface area contributed by atoms with Crippen molar-refractivity contribution in [3.8, 4) is 0 Å². The Balaban J connectivity index is -0.0000000960. The van der Waals surface area contributed by atoms with Crippen LogP contribution < -0.4 is 0 Å². The second-order valence-corrected chi connectivity index (χ2v) is 9.19. The second-order valence-electron chi connectivity index (χ2n) is 2.65. The molecule has 0 rings (SSSR count).